The van der Waals surface area contributed by atoms with E-state index >= 15 is 0 Å². The SMILES string of the molecule is CS(=O)(=O)N1CCN(Cc2ccccc2)CC1C(=O)N1CCCC1. The third-order valence-corrected chi connectivity index (χ3v) is 6.08. The summed E-state index contributed by atoms with van der Waals surface area (Å²) >= 11 is 0. The van der Waals surface area contributed by atoms with Gasteiger partial charge < -0.3 is 4.90 Å². The topological polar surface area (TPSA) is 60.9 Å². The van der Waals surface area contributed by atoms with E-state index in [4.69, 9.17) is 0 Å². The second-order valence-electron chi connectivity index (χ2n) is 6.64. The number of likely N-dealkylation sites (tertiary alicyclic amines) is 1. The molecule has 0 N–H and O–H groups in total. The normalized spacial score (nSPS) is 23.5. The summed E-state index contributed by atoms with van der Waals surface area (Å²) in [5, 5.41) is 0. The van der Waals surface area contributed by atoms with Crippen LogP contribution in [0.2, 0.25) is 0 Å². The van der Waals surface area contributed by atoms with Crippen LogP contribution in [0.1, 0.15) is 18.4 Å². The van der Waals surface area contributed by atoms with Gasteiger partial charge in [0.15, 0.2) is 0 Å². The number of piperazine rings is 1. The zero-order valence-electron chi connectivity index (χ0n) is 14.1. The van der Waals surface area contributed by atoms with Crippen LogP contribution in [0.5, 0.6) is 0 Å². The molecule has 0 radical (unpaired) electrons. The first-order valence-electron chi connectivity index (χ1n) is 8.47. The van der Waals surface area contributed by atoms with Crippen molar-refractivity contribution in [3.63, 3.8) is 0 Å². The lowest BCUT2D eigenvalue weighted by atomic mass is 10.1. The highest BCUT2D eigenvalue weighted by atomic mass is 32.2. The molecule has 2 aliphatic heterocycles. The number of hydrogen-bond donors (Lipinski definition) is 0. The van der Waals surface area contributed by atoms with Gasteiger partial charge in [0.05, 0.1) is 6.26 Å². The minimum atomic E-state index is -3.39. The molecule has 24 heavy (non-hydrogen) atoms. The first-order chi connectivity index (χ1) is 11.4. The van der Waals surface area contributed by atoms with Crippen molar-refractivity contribution in [1.29, 1.82) is 0 Å². The average molecular weight is 351 g/mol. The van der Waals surface area contributed by atoms with Gasteiger partial charge >= 0.3 is 0 Å². The number of hydrogen-bond acceptors (Lipinski definition) is 4. The Morgan fingerprint density at radius 2 is 1.75 bits per heavy atom. The fourth-order valence-electron chi connectivity index (χ4n) is 3.55. The zero-order chi connectivity index (χ0) is 17.2. The van der Waals surface area contributed by atoms with Gasteiger partial charge in [0.2, 0.25) is 15.9 Å². The van der Waals surface area contributed by atoms with Crippen LogP contribution in [-0.4, -0.2) is 73.5 Å². The van der Waals surface area contributed by atoms with E-state index in [0.29, 0.717) is 19.6 Å². The molecule has 0 bridgehead atoms. The van der Waals surface area contributed by atoms with E-state index in [-0.39, 0.29) is 5.91 Å². The zero-order valence-corrected chi connectivity index (χ0v) is 14.9. The van der Waals surface area contributed by atoms with Crippen molar-refractivity contribution in [3.8, 4) is 0 Å². The van der Waals surface area contributed by atoms with E-state index in [1.807, 2.05) is 23.1 Å². The number of sulfonamides is 1. The second kappa shape index (κ2) is 7.21. The molecule has 6 nitrogen and oxygen atoms in total. The molecule has 2 heterocycles. The molecule has 0 aromatic heterocycles. The maximum Gasteiger partial charge on any atom is 0.242 e. The summed E-state index contributed by atoms with van der Waals surface area (Å²) in [6.07, 6.45) is 3.21. The Morgan fingerprint density at radius 3 is 2.38 bits per heavy atom. The minimum Gasteiger partial charge on any atom is -0.341 e. The van der Waals surface area contributed by atoms with Gasteiger partial charge in [0.1, 0.15) is 6.04 Å². The highest BCUT2D eigenvalue weighted by Gasteiger charge is 2.39. The van der Waals surface area contributed by atoms with E-state index in [1.165, 1.54) is 16.1 Å². The highest BCUT2D eigenvalue weighted by molar-refractivity contribution is 7.88. The maximum absolute atomic E-state index is 12.8. The molecular weight excluding hydrogens is 326 g/mol. The maximum atomic E-state index is 12.8. The van der Waals surface area contributed by atoms with Crippen molar-refractivity contribution < 1.29 is 13.2 Å². The van der Waals surface area contributed by atoms with Gasteiger partial charge in [-0.25, -0.2) is 8.42 Å². The smallest absolute Gasteiger partial charge is 0.242 e. The molecular formula is C17H25N3O3S. The van der Waals surface area contributed by atoms with Gasteiger partial charge in [0, 0.05) is 39.3 Å². The van der Waals surface area contributed by atoms with Gasteiger partial charge in [0.25, 0.3) is 0 Å². The van der Waals surface area contributed by atoms with Crippen molar-refractivity contribution >= 4 is 15.9 Å². The number of carbonyl (C=O) groups is 1. The van der Waals surface area contributed by atoms with Crippen LogP contribution in [0.25, 0.3) is 0 Å². The van der Waals surface area contributed by atoms with Gasteiger partial charge in [-0.05, 0) is 18.4 Å². The summed E-state index contributed by atoms with van der Waals surface area (Å²) < 4.78 is 25.6. The fourth-order valence-corrected chi connectivity index (χ4v) is 4.59. The Hall–Kier alpha value is -1.44. The lowest BCUT2D eigenvalue weighted by Crippen LogP contribution is -2.60. The summed E-state index contributed by atoms with van der Waals surface area (Å²) in [5.74, 6) is -0.0457. The third kappa shape index (κ3) is 3.96. The van der Waals surface area contributed by atoms with Crippen LogP contribution in [0.4, 0.5) is 0 Å². The fraction of sp³-hybridized carbons (Fsp3) is 0.588. The van der Waals surface area contributed by atoms with Crippen LogP contribution in [0, 0.1) is 0 Å². The van der Waals surface area contributed by atoms with Crippen LogP contribution < -0.4 is 0 Å². The van der Waals surface area contributed by atoms with Crippen LogP contribution in [-0.2, 0) is 21.4 Å². The Kier molecular flexibility index (Phi) is 5.22. The molecule has 0 spiro atoms. The Bertz CT molecular complexity index is 672. The third-order valence-electron chi connectivity index (χ3n) is 4.79. The van der Waals surface area contributed by atoms with Gasteiger partial charge in [-0.1, -0.05) is 30.3 Å². The standard InChI is InChI=1S/C17H25N3O3S/c1-24(22,23)20-12-11-18(13-15-7-3-2-4-8-15)14-16(20)17(21)19-9-5-6-10-19/h2-4,7-8,16H,5-6,9-14H2,1H3. The molecule has 1 aromatic rings. The predicted octanol–water partition coefficient (Wildman–Crippen LogP) is 0.755. The summed E-state index contributed by atoms with van der Waals surface area (Å²) in [4.78, 5) is 16.8. The molecule has 2 fully saturated rings. The van der Waals surface area contributed by atoms with Crippen molar-refractivity contribution in [2.75, 3.05) is 39.0 Å². The average Bonchev–Trinajstić information content (AvgIpc) is 3.08. The van der Waals surface area contributed by atoms with Crippen LogP contribution in [0.3, 0.4) is 0 Å². The van der Waals surface area contributed by atoms with Crippen LogP contribution >= 0.6 is 0 Å². The Labute approximate surface area is 144 Å². The number of nitrogens with zero attached hydrogens (tertiary/aromatic N) is 3. The first kappa shape index (κ1) is 17.4. The molecule has 2 aliphatic rings. The summed E-state index contributed by atoms with van der Waals surface area (Å²) in [5.41, 5.74) is 1.18. The van der Waals surface area contributed by atoms with Gasteiger partial charge in [-0.2, -0.15) is 4.31 Å². The van der Waals surface area contributed by atoms with Crippen molar-refractivity contribution in [2.45, 2.75) is 25.4 Å². The first-order valence-corrected chi connectivity index (χ1v) is 10.3. The molecule has 132 valence electrons. The number of amides is 1. The molecule has 1 amide bonds. The van der Waals surface area contributed by atoms with E-state index in [2.05, 4.69) is 17.0 Å². The quantitative estimate of drug-likeness (QED) is 0.803. The summed E-state index contributed by atoms with van der Waals surface area (Å²) in [7, 11) is -3.39. The van der Waals surface area contributed by atoms with Gasteiger partial charge in [-0.3, -0.25) is 9.69 Å². The monoisotopic (exact) mass is 351 g/mol. The van der Waals surface area contributed by atoms with E-state index in [9.17, 15) is 13.2 Å². The second-order valence-corrected chi connectivity index (χ2v) is 8.58. The molecule has 2 saturated heterocycles. The minimum absolute atomic E-state index is 0.0457. The molecule has 7 heteroatoms. The Balaban J connectivity index is 1.75. The van der Waals surface area contributed by atoms with E-state index in [1.54, 1.807) is 0 Å². The van der Waals surface area contributed by atoms with Crippen LogP contribution in [0.15, 0.2) is 30.3 Å². The lowest BCUT2D eigenvalue weighted by molar-refractivity contribution is -0.136. The Morgan fingerprint density at radius 1 is 1.08 bits per heavy atom. The van der Waals surface area contributed by atoms with Gasteiger partial charge in [-0.15, -0.1) is 0 Å². The number of benzene rings is 1. The molecule has 1 unspecified atom stereocenters. The van der Waals surface area contributed by atoms with Crippen molar-refractivity contribution in [3.05, 3.63) is 35.9 Å². The van der Waals surface area contributed by atoms with E-state index < -0.39 is 16.1 Å². The molecule has 1 atom stereocenters. The van der Waals surface area contributed by atoms with Crippen molar-refractivity contribution in [2.24, 2.45) is 0 Å². The largest absolute Gasteiger partial charge is 0.341 e. The van der Waals surface area contributed by atoms with E-state index in [0.717, 1.165) is 32.5 Å². The molecule has 0 saturated carbocycles. The summed E-state index contributed by atoms with van der Waals surface area (Å²) in [6, 6.07) is 9.48. The van der Waals surface area contributed by atoms with Crippen molar-refractivity contribution in [1.82, 2.24) is 14.1 Å². The summed E-state index contributed by atoms with van der Waals surface area (Å²) in [6.45, 7) is 3.69. The predicted molar refractivity (Wildman–Crippen MR) is 92.9 cm³/mol. The number of rotatable bonds is 4. The molecule has 1 aromatic carbocycles. The number of carbonyl (C=O) groups excluding carboxylic acids is 1. The molecule has 3 rings (SSSR count). The lowest BCUT2D eigenvalue weighted by Gasteiger charge is -2.40. The highest BCUT2D eigenvalue weighted by Crippen LogP contribution is 2.20. The molecule has 0 aliphatic carbocycles.